The highest BCUT2D eigenvalue weighted by atomic mass is 19.4. The molecule has 1 fully saturated rings. The standard InChI is InChI=1S/C15H17F3N2O/c1-20(13-4-2-3-5-14(13)21)12-7-6-11(15(16,17)18)8-10(12)9-19/h6-8,13-14,21H,2-5H2,1H3. The molecular weight excluding hydrogens is 281 g/mol. The largest absolute Gasteiger partial charge is 0.416 e. The van der Waals surface area contributed by atoms with Gasteiger partial charge in [-0.05, 0) is 31.0 Å². The highest BCUT2D eigenvalue weighted by Crippen LogP contribution is 2.34. The van der Waals surface area contributed by atoms with Crippen molar-refractivity contribution in [2.45, 2.75) is 44.0 Å². The van der Waals surface area contributed by atoms with Crippen molar-refractivity contribution in [2.24, 2.45) is 0 Å². The fourth-order valence-electron chi connectivity index (χ4n) is 2.83. The SMILES string of the molecule is CN(c1ccc(C(F)(F)F)cc1C#N)C1CCCCC1O. The van der Waals surface area contributed by atoms with Crippen LogP contribution in [0, 0.1) is 11.3 Å². The Kier molecular flexibility index (Phi) is 4.43. The molecule has 1 saturated carbocycles. The second-order valence-corrected chi connectivity index (χ2v) is 5.37. The molecule has 0 aromatic heterocycles. The van der Waals surface area contributed by atoms with Crippen LogP contribution in [0.3, 0.4) is 0 Å². The minimum Gasteiger partial charge on any atom is -0.391 e. The molecule has 2 atom stereocenters. The lowest BCUT2D eigenvalue weighted by molar-refractivity contribution is -0.137. The lowest BCUT2D eigenvalue weighted by atomic mass is 9.91. The summed E-state index contributed by atoms with van der Waals surface area (Å²) < 4.78 is 38.1. The molecule has 0 amide bonds. The summed E-state index contributed by atoms with van der Waals surface area (Å²) in [5.41, 5.74) is -0.429. The van der Waals surface area contributed by atoms with Crippen LogP contribution in [-0.2, 0) is 6.18 Å². The first-order valence-electron chi connectivity index (χ1n) is 6.87. The first-order valence-corrected chi connectivity index (χ1v) is 6.87. The van der Waals surface area contributed by atoms with Crippen molar-refractivity contribution in [1.82, 2.24) is 0 Å². The summed E-state index contributed by atoms with van der Waals surface area (Å²) in [6.45, 7) is 0. The Labute approximate surface area is 121 Å². The molecular formula is C15H17F3N2O. The van der Waals surface area contributed by atoms with Crippen molar-refractivity contribution in [2.75, 3.05) is 11.9 Å². The molecule has 1 aromatic carbocycles. The van der Waals surface area contributed by atoms with Gasteiger partial charge in [0.2, 0.25) is 0 Å². The van der Waals surface area contributed by atoms with Gasteiger partial charge in [-0.25, -0.2) is 0 Å². The molecule has 0 heterocycles. The van der Waals surface area contributed by atoms with Crippen molar-refractivity contribution < 1.29 is 18.3 Å². The predicted molar refractivity (Wildman–Crippen MR) is 72.8 cm³/mol. The zero-order chi connectivity index (χ0) is 15.6. The van der Waals surface area contributed by atoms with E-state index in [9.17, 15) is 18.3 Å². The van der Waals surface area contributed by atoms with Gasteiger partial charge in [0, 0.05) is 7.05 Å². The molecule has 0 radical (unpaired) electrons. The second kappa shape index (κ2) is 5.94. The highest BCUT2D eigenvalue weighted by molar-refractivity contribution is 5.61. The molecule has 3 nitrogen and oxygen atoms in total. The van der Waals surface area contributed by atoms with Crippen molar-refractivity contribution in [3.63, 3.8) is 0 Å². The molecule has 0 aliphatic heterocycles. The lowest BCUT2D eigenvalue weighted by Crippen LogP contribution is -2.43. The molecule has 1 aliphatic rings. The molecule has 114 valence electrons. The van der Waals surface area contributed by atoms with Crippen LogP contribution in [-0.4, -0.2) is 24.3 Å². The maximum absolute atomic E-state index is 12.7. The minimum atomic E-state index is -4.47. The van der Waals surface area contributed by atoms with Crippen molar-refractivity contribution in [3.05, 3.63) is 29.3 Å². The van der Waals surface area contributed by atoms with Crippen LogP contribution in [0.5, 0.6) is 0 Å². The van der Waals surface area contributed by atoms with Crippen LogP contribution in [0.4, 0.5) is 18.9 Å². The summed E-state index contributed by atoms with van der Waals surface area (Å²) in [6.07, 6.45) is -1.62. The van der Waals surface area contributed by atoms with Gasteiger partial charge in [0.25, 0.3) is 0 Å². The van der Waals surface area contributed by atoms with Gasteiger partial charge in [-0.2, -0.15) is 18.4 Å². The molecule has 6 heteroatoms. The van der Waals surface area contributed by atoms with Crippen molar-refractivity contribution in [1.29, 1.82) is 5.26 Å². The van der Waals surface area contributed by atoms with E-state index in [1.54, 1.807) is 11.9 Å². The number of likely N-dealkylation sites (N-methyl/N-ethyl adjacent to an activating group) is 1. The van der Waals surface area contributed by atoms with Crippen LogP contribution >= 0.6 is 0 Å². The number of rotatable bonds is 2. The van der Waals surface area contributed by atoms with E-state index in [0.29, 0.717) is 12.1 Å². The van der Waals surface area contributed by atoms with Gasteiger partial charge in [-0.15, -0.1) is 0 Å². The van der Waals surface area contributed by atoms with Gasteiger partial charge >= 0.3 is 6.18 Å². The summed E-state index contributed by atoms with van der Waals surface area (Å²) in [5, 5.41) is 19.2. The van der Waals surface area contributed by atoms with E-state index >= 15 is 0 Å². The van der Waals surface area contributed by atoms with E-state index in [4.69, 9.17) is 5.26 Å². The Bertz CT molecular complexity index is 551. The molecule has 0 saturated heterocycles. The van der Waals surface area contributed by atoms with Crippen LogP contribution in [0.25, 0.3) is 0 Å². The molecule has 1 aliphatic carbocycles. The highest BCUT2D eigenvalue weighted by Gasteiger charge is 2.32. The van der Waals surface area contributed by atoms with Crippen molar-refractivity contribution >= 4 is 5.69 Å². The number of anilines is 1. The Morgan fingerprint density at radius 1 is 1.29 bits per heavy atom. The quantitative estimate of drug-likeness (QED) is 0.911. The van der Waals surface area contributed by atoms with E-state index in [-0.39, 0.29) is 11.6 Å². The summed E-state index contributed by atoms with van der Waals surface area (Å²) in [6, 6.07) is 4.80. The summed E-state index contributed by atoms with van der Waals surface area (Å²) >= 11 is 0. The van der Waals surface area contributed by atoms with E-state index in [1.807, 2.05) is 6.07 Å². The average Bonchev–Trinajstić information content (AvgIpc) is 2.45. The van der Waals surface area contributed by atoms with Crippen LogP contribution in [0.2, 0.25) is 0 Å². The monoisotopic (exact) mass is 298 g/mol. The third-order valence-electron chi connectivity index (χ3n) is 4.02. The Morgan fingerprint density at radius 2 is 1.95 bits per heavy atom. The number of alkyl halides is 3. The van der Waals surface area contributed by atoms with Crippen LogP contribution in [0.1, 0.15) is 36.8 Å². The third kappa shape index (κ3) is 3.30. The number of halogens is 3. The summed E-state index contributed by atoms with van der Waals surface area (Å²) in [5.74, 6) is 0. The zero-order valence-corrected chi connectivity index (χ0v) is 11.7. The minimum absolute atomic E-state index is 0.0231. The maximum Gasteiger partial charge on any atom is 0.416 e. The number of aliphatic hydroxyl groups excluding tert-OH is 1. The van der Waals surface area contributed by atoms with Crippen molar-refractivity contribution in [3.8, 4) is 6.07 Å². The van der Waals surface area contributed by atoms with Gasteiger partial charge in [0.15, 0.2) is 0 Å². The van der Waals surface area contributed by atoms with E-state index in [1.165, 1.54) is 6.07 Å². The fourth-order valence-corrected chi connectivity index (χ4v) is 2.83. The number of nitrogens with zero attached hydrogens (tertiary/aromatic N) is 2. The average molecular weight is 298 g/mol. The Hall–Kier alpha value is -1.74. The predicted octanol–water partition coefficient (Wildman–Crippen LogP) is 3.32. The van der Waals surface area contributed by atoms with E-state index in [2.05, 4.69) is 0 Å². The molecule has 1 N–H and O–H groups in total. The third-order valence-corrected chi connectivity index (χ3v) is 4.02. The number of aliphatic hydroxyl groups is 1. The fraction of sp³-hybridized carbons (Fsp3) is 0.533. The smallest absolute Gasteiger partial charge is 0.391 e. The Balaban J connectivity index is 2.33. The molecule has 21 heavy (non-hydrogen) atoms. The summed E-state index contributed by atoms with van der Waals surface area (Å²) in [4.78, 5) is 1.72. The first-order chi connectivity index (χ1) is 9.84. The van der Waals surface area contributed by atoms with Gasteiger partial charge < -0.3 is 10.0 Å². The summed E-state index contributed by atoms with van der Waals surface area (Å²) in [7, 11) is 1.71. The van der Waals surface area contributed by atoms with Gasteiger partial charge in [-0.1, -0.05) is 12.8 Å². The number of nitriles is 1. The number of hydrogen-bond donors (Lipinski definition) is 1. The Morgan fingerprint density at radius 3 is 2.52 bits per heavy atom. The van der Waals surface area contributed by atoms with Gasteiger partial charge in [0.05, 0.1) is 29.0 Å². The normalized spacial score (nSPS) is 22.7. The first kappa shape index (κ1) is 15.6. The van der Waals surface area contributed by atoms with Gasteiger partial charge in [0.1, 0.15) is 6.07 Å². The second-order valence-electron chi connectivity index (χ2n) is 5.37. The maximum atomic E-state index is 12.7. The van der Waals surface area contributed by atoms with E-state index in [0.717, 1.165) is 31.4 Å². The van der Waals surface area contributed by atoms with Crippen LogP contribution in [0.15, 0.2) is 18.2 Å². The molecule has 0 bridgehead atoms. The van der Waals surface area contributed by atoms with Crippen LogP contribution < -0.4 is 4.90 Å². The molecule has 0 spiro atoms. The molecule has 2 unspecified atom stereocenters. The zero-order valence-electron chi connectivity index (χ0n) is 11.7. The van der Waals surface area contributed by atoms with E-state index < -0.39 is 17.8 Å². The topological polar surface area (TPSA) is 47.3 Å². The lowest BCUT2D eigenvalue weighted by Gasteiger charge is -2.37. The number of hydrogen-bond acceptors (Lipinski definition) is 3. The molecule has 1 aromatic rings. The number of benzene rings is 1. The molecule has 2 rings (SSSR count). The van der Waals surface area contributed by atoms with Gasteiger partial charge in [-0.3, -0.25) is 0 Å².